The molecule has 25 heavy (non-hydrogen) atoms. The van der Waals surface area contributed by atoms with E-state index in [1.165, 1.54) is 5.56 Å². The maximum atomic E-state index is 14.6. The number of benzene rings is 2. The van der Waals surface area contributed by atoms with Crippen molar-refractivity contribution < 1.29 is 9.13 Å². The van der Waals surface area contributed by atoms with Gasteiger partial charge in [-0.2, -0.15) is 0 Å². The Morgan fingerprint density at radius 1 is 1.12 bits per heavy atom. The number of rotatable bonds is 7. The van der Waals surface area contributed by atoms with Gasteiger partial charge in [-0.3, -0.25) is 0 Å². The van der Waals surface area contributed by atoms with E-state index in [0.29, 0.717) is 12.4 Å². The molecule has 0 amide bonds. The van der Waals surface area contributed by atoms with E-state index in [4.69, 9.17) is 4.74 Å². The molecule has 0 saturated carbocycles. The Balaban J connectivity index is 1.89. The summed E-state index contributed by atoms with van der Waals surface area (Å²) in [4.78, 5) is 2.14. The van der Waals surface area contributed by atoms with Crippen molar-refractivity contribution >= 4 is 10.9 Å². The molecule has 0 bridgehead atoms. The van der Waals surface area contributed by atoms with Crippen LogP contribution >= 0.6 is 0 Å². The van der Waals surface area contributed by atoms with E-state index in [1.807, 2.05) is 36.4 Å². The topological polar surface area (TPSA) is 17.4 Å². The molecular formula is C21H25FN2O. The van der Waals surface area contributed by atoms with Gasteiger partial charge in [0.25, 0.3) is 0 Å². The number of aromatic nitrogens is 1. The summed E-state index contributed by atoms with van der Waals surface area (Å²) < 4.78 is 22.5. The molecule has 3 nitrogen and oxygen atoms in total. The maximum Gasteiger partial charge on any atom is 0.165 e. The van der Waals surface area contributed by atoms with Crippen LogP contribution < -0.4 is 4.74 Å². The molecule has 0 aliphatic heterocycles. The lowest BCUT2D eigenvalue weighted by Crippen LogP contribution is -2.14. The molecule has 0 saturated heterocycles. The van der Waals surface area contributed by atoms with Crippen LogP contribution in [0.3, 0.4) is 0 Å². The van der Waals surface area contributed by atoms with Crippen molar-refractivity contribution in [2.75, 3.05) is 20.6 Å². The highest BCUT2D eigenvalue weighted by Crippen LogP contribution is 2.29. The lowest BCUT2D eigenvalue weighted by molar-refractivity contribution is 0.291. The van der Waals surface area contributed by atoms with Crippen LogP contribution in [0.1, 0.15) is 18.1 Å². The van der Waals surface area contributed by atoms with Gasteiger partial charge in [-0.05, 0) is 44.6 Å². The third-order valence-electron chi connectivity index (χ3n) is 4.42. The van der Waals surface area contributed by atoms with Crippen molar-refractivity contribution in [3.05, 3.63) is 65.6 Å². The van der Waals surface area contributed by atoms with Crippen molar-refractivity contribution in [3.8, 4) is 5.75 Å². The van der Waals surface area contributed by atoms with Crippen LogP contribution in [-0.4, -0.2) is 30.1 Å². The number of fused-ring (bicyclic) bond motifs is 1. The highest BCUT2D eigenvalue weighted by Gasteiger charge is 2.13. The molecule has 0 fully saturated rings. The second-order valence-electron chi connectivity index (χ2n) is 6.57. The third kappa shape index (κ3) is 4.02. The zero-order valence-corrected chi connectivity index (χ0v) is 15.1. The first kappa shape index (κ1) is 17.5. The van der Waals surface area contributed by atoms with Crippen LogP contribution in [0.25, 0.3) is 10.9 Å². The van der Waals surface area contributed by atoms with Crippen molar-refractivity contribution in [3.63, 3.8) is 0 Å². The first-order valence-electron chi connectivity index (χ1n) is 8.71. The Morgan fingerprint density at radius 3 is 2.56 bits per heavy atom. The van der Waals surface area contributed by atoms with Crippen LogP contribution in [0, 0.1) is 5.82 Å². The predicted molar refractivity (Wildman–Crippen MR) is 101 cm³/mol. The summed E-state index contributed by atoms with van der Waals surface area (Å²) in [6.07, 6.45) is 3.04. The van der Waals surface area contributed by atoms with E-state index in [1.54, 1.807) is 6.07 Å². The average Bonchev–Trinajstić information content (AvgIpc) is 2.95. The van der Waals surface area contributed by atoms with Crippen molar-refractivity contribution in [2.24, 2.45) is 0 Å². The number of nitrogens with zero attached hydrogens (tertiary/aromatic N) is 2. The number of halogens is 1. The van der Waals surface area contributed by atoms with Crippen LogP contribution in [0.15, 0.2) is 48.7 Å². The van der Waals surface area contributed by atoms with Gasteiger partial charge in [-0.25, -0.2) is 4.39 Å². The zero-order valence-electron chi connectivity index (χ0n) is 15.1. The molecule has 1 heterocycles. The van der Waals surface area contributed by atoms with Crippen LogP contribution in [0.5, 0.6) is 5.75 Å². The lowest BCUT2D eigenvalue weighted by Gasteiger charge is -2.10. The van der Waals surface area contributed by atoms with E-state index < -0.39 is 0 Å². The molecular weight excluding hydrogens is 315 g/mol. The standard InChI is InChI=1S/C21H25FN2O/c1-4-24-14-17(10-11-23(2)3)18-12-19(22)21(13-20(18)24)25-15-16-8-6-5-7-9-16/h5-9,12-14H,4,10-11,15H2,1-3H3. The summed E-state index contributed by atoms with van der Waals surface area (Å²) in [6, 6.07) is 13.3. The van der Waals surface area contributed by atoms with Gasteiger partial charge < -0.3 is 14.2 Å². The summed E-state index contributed by atoms with van der Waals surface area (Å²) in [7, 11) is 4.10. The molecule has 4 heteroatoms. The van der Waals surface area contributed by atoms with Gasteiger partial charge in [0.1, 0.15) is 6.61 Å². The summed E-state index contributed by atoms with van der Waals surface area (Å²) in [5.74, 6) is 0.00620. The van der Waals surface area contributed by atoms with E-state index in [9.17, 15) is 4.39 Å². The number of hydrogen-bond donors (Lipinski definition) is 0. The van der Waals surface area contributed by atoms with E-state index in [-0.39, 0.29) is 5.82 Å². The monoisotopic (exact) mass is 340 g/mol. The van der Waals surface area contributed by atoms with Gasteiger partial charge in [0, 0.05) is 30.7 Å². The maximum absolute atomic E-state index is 14.6. The Hall–Kier alpha value is -2.33. The van der Waals surface area contributed by atoms with Gasteiger partial charge >= 0.3 is 0 Å². The molecule has 3 aromatic rings. The smallest absolute Gasteiger partial charge is 0.165 e. The largest absolute Gasteiger partial charge is 0.486 e. The van der Waals surface area contributed by atoms with E-state index in [0.717, 1.165) is 36.0 Å². The van der Waals surface area contributed by atoms with E-state index >= 15 is 0 Å². The van der Waals surface area contributed by atoms with Crippen LogP contribution in [0.2, 0.25) is 0 Å². The molecule has 2 aromatic carbocycles. The number of ether oxygens (including phenoxy) is 1. The summed E-state index contributed by atoms with van der Waals surface area (Å²) >= 11 is 0. The van der Waals surface area contributed by atoms with Gasteiger partial charge in [0.05, 0.1) is 5.52 Å². The predicted octanol–water partition coefficient (Wildman–Crippen LogP) is 4.48. The van der Waals surface area contributed by atoms with Crippen LogP contribution in [0.4, 0.5) is 4.39 Å². The minimum absolute atomic E-state index is 0.302. The first-order chi connectivity index (χ1) is 12.1. The number of aryl methyl sites for hydroxylation is 1. The molecule has 0 unspecified atom stereocenters. The number of likely N-dealkylation sites (N-methyl/N-ethyl adjacent to an activating group) is 1. The second kappa shape index (κ2) is 7.70. The molecule has 0 radical (unpaired) electrons. The third-order valence-corrected chi connectivity index (χ3v) is 4.42. The first-order valence-corrected chi connectivity index (χ1v) is 8.71. The van der Waals surface area contributed by atoms with Gasteiger partial charge in [-0.15, -0.1) is 0 Å². The van der Waals surface area contributed by atoms with Gasteiger partial charge in [0.2, 0.25) is 0 Å². The normalized spacial score (nSPS) is 11.4. The van der Waals surface area contributed by atoms with Gasteiger partial charge in [0.15, 0.2) is 11.6 Å². The molecule has 3 rings (SSSR count). The Labute approximate surface area is 148 Å². The molecule has 0 N–H and O–H groups in total. The van der Waals surface area contributed by atoms with E-state index in [2.05, 4.69) is 36.7 Å². The minimum atomic E-state index is -0.302. The molecule has 0 spiro atoms. The fourth-order valence-electron chi connectivity index (χ4n) is 3.02. The average molecular weight is 340 g/mol. The van der Waals surface area contributed by atoms with Crippen molar-refractivity contribution in [2.45, 2.75) is 26.5 Å². The van der Waals surface area contributed by atoms with Crippen molar-refractivity contribution in [1.29, 1.82) is 0 Å². The SMILES string of the molecule is CCn1cc(CCN(C)C)c2cc(F)c(OCc3ccccc3)cc21. The summed E-state index contributed by atoms with van der Waals surface area (Å²) in [5, 5.41) is 0.980. The zero-order chi connectivity index (χ0) is 17.8. The quantitative estimate of drug-likeness (QED) is 0.631. The Kier molecular flexibility index (Phi) is 5.39. The Morgan fingerprint density at radius 2 is 1.88 bits per heavy atom. The fraction of sp³-hybridized carbons (Fsp3) is 0.333. The summed E-state index contributed by atoms with van der Waals surface area (Å²) in [5.41, 5.74) is 3.24. The highest BCUT2D eigenvalue weighted by atomic mass is 19.1. The fourth-order valence-corrected chi connectivity index (χ4v) is 3.02. The number of hydrogen-bond acceptors (Lipinski definition) is 2. The molecule has 132 valence electrons. The molecule has 0 aliphatic rings. The molecule has 0 aliphatic carbocycles. The molecule has 1 aromatic heterocycles. The van der Waals surface area contributed by atoms with Gasteiger partial charge in [-0.1, -0.05) is 30.3 Å². The lowest BCUT2D eigenvalue weighted by atomic mass is 10.1. The highest BCUT2D eigenvalue weighted by molar-refractivity contribution is 5.85. The van der Waals surface area contributed by atoms with Crippen LogP contribution in [-0.2, 0) is 19.6 Å². The summed E-state index contributed by atoms with van der Waals surface area (Å²) in [6.45, 7) is 4.26. The molecule has 0 atom stereocenters. The Bertz CT molecular complexity index is 840. The minimum Gasteiger partial charge on any atom is -0.486 e. The second-order valence-corrected chi connectivity index (χ2v) is 6.57. The van der Waals surface area contributed by atoms with Crippen molar-refractivity contribution in [1.82, 2.24) is 9.47 Å².